The second kappa shape index (κ2) is 6.83. The van der Waals surface area contributed by atoms with Gasteiger partial charge in [-0.25, -0.2) is 9.18 Å². The summed E-state index contributed by atoms with van der Waals surface area (Å²) in [5.74, 6) is -2.04. The molecule has 0 N–H and O–H groups in total. The van der Waals surface area contributed by atoms with Crippen molar-refractivity contribution in [2.45, 2.75) is 19.4 Å². The summed E-state index contributed by atoms with van der Waals surface area (Å²) in [4.78, 5) is 25.8. The van der Waals surface area contributed by atoms with Gasteiger partial charge < -0.3 is 9.64 Å². The predicted molar refractivity (Wildman–Crippen MR) is 86.7 cm³/mol. The van der Waals surface area contributed by atoms with Crippen LogP contribution in [0, 0.1) is 5.82 Å². The summed E-state index contributed by atoms with van der Waals surface area (Å²) >= 11 is 0. The van der Waals surface area contributed by atoms with Crippen molar-refractivity contribution in [2.24, 2.45) is 0 Å². The van der Waals surface area contributed by atoms with E-state index in [0.29, 0.717) is 18.5 Å². The molecule has 1 heterocycles. The first kappa shape index (κ1) is 16.2. The fraction of sp³-hybridized carbons (Fsp3) is 0.263. The third kappa shape index (κ3) is 2.89. The summed E-state index contributed by atoms with van der Waals surface area (Å²) in [5.41, 5.74) is 2.27. The number of esters is 1. The van der Waals surface area contributed by atoms with Crippen LogP contribution >= 0.6 is 0 Å². The van der Waals surface area contributed by atoms with Gasteiger partial charge in [-0.15, -0.1) is 0 Å². The average Bonchev–Trinajstić information content (AvgIpc) is 2.61. The molecule has 5 heteroatoms. The molecule has 1 amide bonds. The third-order valence-corrected chi connectivity index (χ3v) is 4.19. The number of fused-ring (bicyclic) bond motifs is 1. The van der Waals surface area contributed by atoms with E-state index in [1.54, 1.807) is 25.1 Å². The Kier molecular flexibility index (Phi) is 4.60. The molecular weight excluding hydrogens is 309 g/mol. The highest BCUT2D eigenvalue weighted by Gasteiger charge is 2.36. The first-order valence-corrected chi connectivity index (χ1v) is 7.93. The first-order chi connectivity index (χ1) is 11.6. The predicted octanol–water partition coefficient (Wildman–Crippen LogP) is 2.86. The van der Waals surface area contributed by atoms with E-state index in [4.69, 9.17) is 4.74 Å². The van der Waals surface area contributed by atoms with Crippen molar-refractivity contribution < 1.29 is 18.7 Å². The van der Waals surface area contributed by atoms with Crippen molar-refractivity contribution in [1.29, 1.82) is 0 Å². The summed E-state index contributed by atoms with van der Waals surface area (Å²) in [5, 5.41) is 0. The van der Waals surface area contributed by atoms with Crippen LogP contribution in [0.15, 0.2) is 48.5 Å². The van der Waals surface area contributed by atoms with E-state index < -0.39 is 23.7 Å². The minimum atomic E-state index is -0.904. The van der Waals surface area contributed by atoms with E-state index in [-0.39, 0.29) is 6.61 Å². The summed E-state index contributed by atoms with van der Waals surface area (Å²) in [6, 6.07) is 13.3. The number of benzene rings is 2. The summed E-state index contributed by atoms with van der Waals surface area (Å²) in [6.45, 7) is 2.11. The number of carbonyl (C=O) groups is 2. The van der Waals surface area contributed by atoms with Gasteiger partial charge in [0.05, 0.1) is 12.6 Å². The zero-order valence-corrected chi connectivity index (χ0v) is 13.4. The molecule has 0 aromatic heterocycles. The number of halogens is 1. The lowest BCUT2D eigenvalue weighted by molar-refractivity contribution is -0.161. The minimum absolute atomic E-state index is 0.124. The number of carbonyl (C=O) groups excluding carboxylic acids is 2. The van der Waals surface area contributed by atoms with Gasteiger partial charge in [0.25, 0.3) is 0 Å². The lowest BCUT2D eigenvalue weighted by Gasteiger charge is -2.37. The van der Waals surface area contributed by atoms with Crippen LogP contribution in [0.4, 0.5) is 4.39 Å². The van der Waals surface area contributed by atoms with Gasteiger partial charge in [0.2, 0.25) is 0 Å². The summed E-state index contributed by atoms with van der Waals surface area (Å²) < 4.78 is 19.2. The van der Waals surface area contributed by atoms with Gasteiger partial charge in [-0.1, -0.05) is 42.5 Å². The van der Waals surface area contributed by atoms with E-state index in [2.05, 4.69) is 0 Å². The Bertz CT molecular complexity index is 775. The molecule has 4 nitrogen and oxygen atoms in total. The lowest BCUT2D eigenvalue weighted by Crippen LogP contribution is -2.44. The second-order valence-corrected chi connectivity index (χ2v) is 5.59. The highest BCUT2D eigenvalue weighted by molar-refractivity contribution is 6.32. The highest BCUT2D eigenvalue weighted by Crippen LogP contribution is 2.36. The maximum atomic E-state index is 14.4. The summed E-state index contributed by atoms with van der Waals surface area (Å²) in [7, 11) is 0. The van der Waals surface area contributed by atoms with E-state index in [0.717, 1.165) is 11.1 Å². The smallest absolute Gasteiger partial charge is 0.397 e. The molecule has 0 aliphatic carbocycles. The topological polar surface area (TPSA) is 46.6 Å². The van der Waals surface area contributed by atoms with E-state index in [1.165, 1.54) is 11.0 Å². The van der Waals surface area contributed by atoms with Crippen LogP contribution < -0.4 is 0 Å². The molecule has 0 saturated heterocycles. The number of ether oxygens (including phenoxy) is 1. The molecule has 0 spiro atoms. The fourth-order valence-corrected chi connectivity index (χ4v) is 3.13. The van der Waals surface area contributed by atoms with Gasteiger partial charge in [-0.2, -0.15) is 0 Å². The van der Waals surface area contributed by atoms with Crippen LogP contribution in [0.5, 0.6) is 0 Å². The number of nitrogens with zero attached hydrogens (tertiary/aromatic N) is 1. The number of rotatable bonds is 2. The Morgan fingerprint density at radius 1 is 1.12 bits per heavy atom. The molecule has 1 aliphatic rings. The Labute approximate surface area is 139 Å². The number of hydrogen-bond acceptors (Lipinski definition) is 3. The number of hydrogen-bond donors (Lipinski definition) is 0. The van der Waals surface area contributed by atoms with E-state index in [9.17, 15) is 14.0 Å². The summed E-state index contributed by atoms with van der Waals surface area (Å²) in [6.07, 6.45) is 0.617. The van der Waals surface area contributed by atoms with Crippen molar-refractivity contribution in [3.05, 3.63) is 71.0 Å². The molecule has 124 valence electrons. The quantitative estimate of drug-likeness (QED) is 0.629. The van der Waals surface area contributed by atoms with Crippen LogP contribution in [0.3, 0.4) is 0 Å². The van der Waals surface area contributed by atoms with Crippen molar-refractivity contribution in [2.75, 3.05) is 13.2 Å². The average molecular weight is 327 g/mol. The molecule has 3 rings (SSSR count). The van der Waals surface area contributed by atoms with Crippen LogP contribution in [0.25, 0.3) is 0 Å². The van der Waals surface area contributed by atoms with Gasteiger partial charge in [0, 0.05) is 12.1 Å². The Hall–Kier alpha value is -2.69. The molecule has 1 unspecified atom stereocenters. The molecule has 2 aromatic carbocycles. The highest BCUT2D eigenvalue weighted by atomic mass is 19.1. The Balaban J connectivity index is 2.08. The number of amides is 1. The first-order valence-electron chi connectivity index (χ1n) is 7.93. The molecule has 0 bridgehead atoms. The minimum Gasteiger partial charge on any atom is -0.459 e. The van der Waals surface area contributed by atoms with Gasteiger partial charge >= 0.3 is 11.9 Å². The van der Waals surface area contributed by atoms with Crippen molar-refractivity contribution in [3.63, 3.8) is 0 Å². The molecule has 0 radical (unpaired) electrons. The van der Waals surface area contributed by atoms with E-state index in [1.807, 2.05) is 24.3 Å². The third-order valence-electron chi connectivity index (χ3n) is 4.19. The van der Waals surface area contributed by atoms with Crippen molar-refractivity contribution in [3.8, 4) is 0 Å². The van der Waals surface area contributed by atoms with Crippen LogP contribution in [-0.2, 0) is 20.7 Å². The van der Waals surface area contributed by atoms with Crippen LogP contribution in [-0.4, -0.2) is 29.9 Å². The van der Waals surface area contributed by atoms with Crippen LogP contribution in [0.2, 0.25) is 0 Å². The largest absolute Gasteiger partial charge is 0.459 e. The maximum Gasteiger partial charge on any atom is 0.397 e. The zero-order chi connectivity index (χ0) is 17.1. The molecule has 24 heavy (non-hydrogen) atoms. The molecular formula is C19H18FNO3. The van der Waals surface area contributed by atoms with E-state index >= 15 is 0 Å². The van der Waals surface area contributed by atoms with Crippen LogP contribution in [0.1, 0.15) is 29.7 Å². The Morgan fingerprint density at radius 3 is 2.50 bits per heavy atom. The molecule has 2 aromatic rings. The SMILES string of the molecule is CCOC(=O)C(=O)N1CCc2ccccc2C1c1ccccc1F. The fourth-order valence-electron chi connectivity index (χ4n) is 3.13. The van der Waals surface area contributed by atoms with Crippen molar-refractivity contribution >= 4 is 11.9 Å². The zero-order valence-electron chi connectivity index (χ0n) is 13.4. The van der Waals surface area contributed by atoms with Crippen molar-refractivity contribution in [1.82, 2.24) is 4.90 Å². The van der Waals surface area contributed by atoms with Gasteiger partial charge in [0.1, 0.15) is 5.82 Å². The van der Waals surface area contributed by atoms with Gasteiger partial charge in [-0.3, -0.25) is 4.79 Å². The van der Waals surface area contributed by atoms with Gasteiger partial charge in [-0.05, 0) is 30.5 Å². The maximum absolute atomic E-state index is 14.4. The van der Waals surface area contributed by atoms with Gasteiger partial charge in [0.15, 0.2) is 0 Å². The normalized spacial score (nSPS) is 16.4. The Morgan fingerprint density at radius 2 is 1.79 bits per heavy atom. The standard InChI is InChI=1S/C19H18FNO3/c1-2-24-19(23)18(22)21-12-11-13-7-3-4-8-14(13)17(21)15-9-5-6-10-16(15)20/h3-10,17H,2,11-12H2,1H3. The monoisotopic (exact) mass is 327 g/mol. The second-order valence-electron chi connectivity index (χ2n) is 5.59. The lowest BCUT2D eigenvalue weighted by atomic mass is 9.88. The molecule has 0 saturated carbocycles. The molecule has 0 fully saturated rings. The molecule has 1 atom stereocenters. The molecule has 1 aliphatic heterocycles.